The second-order valence-electron chi connectivity index (χ2n) is 5.27. The van der Waals surface area contributed by atoms with Gasteiger partial charge in [0.1, 0.15) is 0 Å². The van der Waals surface area contributed by atoms with Crippen molar-refractivity contribution >= 4 is 17.1 Å². The molecule has 2 aromatic heterocycles. The van der Waals surface area contributed by atoms with Crippen LogP contribution in [-0.2, 0) is 20.6 Å². The highest BCUT2D eigenvalue weighted by Gasteiger charge is 2.22. The third kappa shape index (κ3) is 1.98. The molecule has 3 heterocycles. The molecule has 2 aromatic rings. The van der Waals surface area contributed by atoms with Crippen LogP contribution in [-0.4, -0.2) is 44.9 Å². The number of rotatable bonds is 2. The van der Waals surface area contributed by atoms with E-state index in [1.165, 1.54) is 11.6 Å². The molecule has 0 aliphatic carbocycles. The average molecular weight is 292 g/mol. The van der Waals surface area contributed by atoms with E-state index in [1.54, 1.807) is 7.05 Å². The Morgan fingerprint density at radius 3 is 2.43 bits per heavy atom. The minimum atomic E-state index is -0.336. The van der Waals surface area contributed by atoms with E-state index in [0.29, 0.717) is 17.7 Å². The minimum absolute atomic E-state index is 0.325. The van der Waals surface area contributed by atoms with Crippen LogP contribution in [0.4, 0.5) is 5.95 Å². The summed E-state index contributed by atoms with van der Waals surface area (Å²) in [6.07, 6.45) is 0. The second kappa shape index (κ2) is 5.03. The molecule has 1 fully saturated rings. The maximum absolute atomic E-state index is 12.3. The molecule has 1 aliphatic rings. The van der Waals surface area contributed by atoms with E-state index in [-0.39, 0.29) is 11.2 Å². The normalized spacial score (nSPS) is 15.9. The first-order valence-electron chi connectivity index (χ1n) is 7.18. The van der Waals surface area contributed by atoms with E-state index >= 15 is 0 Å². The van der Waals surface area contributed by atoms with Crippen LogP contribution in [0.1, 0.15) is 6.92 Å². The van der Waals surface area contributed by atoms with Crippen molar-refractivity contribution in [2.75, 3.05) is 31.1 Å². The summed E-state index contributed by atoms with van der Waals surface area (Å²) in [5.41, 5.74) is 0.291. The zero-order valence-electron chi connectivity index (χ0n) is 12.6. The number of piperazine rings is 1. The largest absolute Gasteiger partial charge is 0.340 e. The summed E-state index contributed by atoms with van der Waals surface area (Å²) in [5.74, 6) is 0.771. The number of hydrogen-bond donors (Lipinski definition) is 1. The SMILES string of the molecule is CCn1c(N2CCNCC2)nc2c(=O)n(C)c(=O)n(C)c21. The van der Waals surface area contributed by atoms with Crippen molar-refractivity contribution in [3.05, 3.63) is 20.8 Å². The van der Waals surface area contributed by atoms with E-state index < -0.39 is 0 Å². The summed E-state index contributed by atoms with van der Waals surface area (Å²) in [6, 6.07) is 0. The maximum Gasteiger partial charge on any atom is 0.332 e. The fraction of sp³-hybridized carbons (Fsp3) is 0.615. The van der Waals surface area contributed by atoms with Gasteiger partial charge in [0, 0.05) is 46.8 Å². The van der Waals surface area contributed by atoms with Gasteiger partial charge in [0.15, 0.2) is 11.2 Å². The standard InChI is InChI=1S/C13H20N6O2/c1-4-19-10-9(11(20)17(3)13(21)16(10)2)15-12(19)18-7-5-14-6-8-18/h14H,4-8H2,1-3H3. The number of hydrogen-bond acceptors (Lipinski definition) is 5. The molecule has 8 nitrogen and oxygen atoms in total. The molecule has 0 atom stereocenters. The Balaban J connectivity index is 2.32. The van der Waals surface area contributed by atoms with Gasteiger partial charge in [-0.3, -0.25) is 18.5 Å². The molecule has 8 heteroatoms. The van der Waals surface area contributed by atoms with Crippen molar-refractivity contribution in [3.63, 3.8) is 0 Å². The highest BCUT2D eigenvalue weighted by molar-refractivity contribution is 5.74. The van der Waals surface area contributed by atoms with Crippen molar-refractivity contribution in [3.8, 4) is 0 Å². The predicted molar refractivity (Wildman–Crippen MR) is 81.0 cm³/mol. The van der Waals surface area contributed by atoms with Crippen LogP contribution in [0.25, 0.3) is 11.2 Å². The molecule has 3 rings (SSSR count). The highest BCUT2D eigenvalue weighted by atomic mass is 16.2. The first-order valence-corrected chi connectivity index (χ1v) is 7.18. The molecule has 0 spiro atoms. The Morgan fingerprint density at radius 1 is 1.14 bits per heavy atom. The van der Waals surface area contributed by atoms with Gasteiger partial charge >= 0.3 is 5.69 Å². The number of aryl methyl sites for hydroxylation is 2. The van der Waals surface area contributed by atoms with Gasteiger partial charge in [-0.25, -0.2) is 9.78 Å². The summed E-state index contributed by atoms with van der Waals surface area (Å²) in [6.45, 7) is 6.13. The average Bonchev–Trinajstić information content (AvgIpc) is 2.91. The van der Waals surface area contributed by atoms with Crippen LogP contribution < -0.4 is 21.5 Å². The monoisotopic (exact) mass is 292 g/mol. The van der Waals surface area contributed by atoms with Crippen LogP contribution >= 0.6 is 0 Å². The Bertz CT molecular complexity index is 794. The van der Waals surface area contributed by atoms with E-state index in [0.717, 1.165) is 36.7 Å². The van der Waals surface area contributed by atoms with Crippen molar-refractivity contribution in [1.29, 1.82) is 0 Å². The lowest BCUT2D eigenvalue weighted by Crippen LogP contribution is -2.44. The van der Waals surface area contributed by atoms with E-state index in [4.69, 9.17) is 0 Å². The predicted octanol–water partition coefficient (Wildman–Crippen LogP) is -1.14. The summed E-state index contributed by atoms with van der Waals surface area (Å²) in [4.78, 5) is 31.1. The summed E-state index contributed by atoms with van der Waals surface area (Å²) >= 11 is 0. The first kappa shape index (κ1) is 13.9. The summed E-state index contributed by atoms with van der Waals surface area (Å²) < 4.78 is 4.55. The number of nitrogens with one attached hydrogen (secondary N) is 1. The van der Waals surface area contributed by atoms with Crippen molar-refractivity contribution in [1.82, 2.24) is 24.0 Å². The number of aromatic nitrogens is 4. The summed E-state index contributed by atoms with van der Waals surface area (Å²) in [5, 5.41) is 3.30. The minimum Gasteiger partial charge on any atom is -0.340 e. The maximum atomic E-state index is 12.3. The van der Waals surface area contributed by atoms with Crippen molar-refractivity contribution in [2.45, 2.75) is 13.5 Å². The topological polar surface area (TPSA) is 77.1 Å². The van der Waals surface area contributed by atoms with Gasteiger partial charge in [0.05, 0.1) is 0 Å². The third-order valence-electron chi connectivity index (χ3n) is 4.04. The quantitative estimate of drug-likeness (QED) is 0.757. The van der Waals surface area contributed by atoms with Gasteiger partial charge < -0.3 is 10.2 Å². The molecule has 0 amide bonds. The molecule has 1 aliphatic heterocycles. The van der Waals surface area contributed by atoms with E-state index in [9.17, 15) is 9.59 Å². The van der Waals surface area contributed by atoms with Gasteiger partial charge in [-0.1, -0.05) is 0 Å². The molecule has 0 aromatic carbocycles. The van der Waals surface area contributed by atoms with Crippen molar-refractivity contribution < 1.29 is 0 Å². The number of imidazole rings is 1. The Morgan fingerprint density at radius 2 is 1.81 bits per heavy atom. The molecule has 114 valence electrons. The third-order valence-corrected chi connectivity index (χ3v) is 4.04. The second-order valence-corrected chi connectivity index (χ2v) is 5.27. The first-order chi connectivity index (χ1) is 10.1. The number of nitrogens with zero attached hydrogens (tertiary/aromatic N) is 5. The van der Waals surface area contributed by atoms with E-state index in [1.807, 2.05) is 11.5 Å². The fourth-order valence-corrected chi connectivity index (χ4v) is 2.88. The van der Waals surface area contributed by atoms with Crippen LogP contribution in [0.15, 0.2) is 9.59 Å². The Labute approximate surface area is 121 Å². The molecular formula is C13H20N6O2. The van der Waals surface area contributed by atoms with E-state index in [2.05, 4.69) is 15.2 Å². The van der Waals surface area contributed by atoms with Gasteiger partial charge in [0.25, 0.3) is 5.56 Å². The lowest BCUT2D eigenvalue weighted by Gasteiger charge is -2.28. The van der Waals surface area contributed by atoms with Crippen LogP contribution in [0.2, 0.25) is 0 Å². The molecular weight excluding hydrogens is 272 g/mol. The zero-order valence-corrected chi connectivity index (χ0v) is 12.6. The van der Waals surface area contributed by atoms with Crippen LogP contribution in [0.3, 0.4) is 0 Å². The lowest BCUT2D eigenvalue weighted by atomic mass is 10.4. The van der Waals surface area contributed by atoms with Gasteiger partial charge in [-0.05, 0) is 6.92 Å². The van der Waals surface area contributed by atoms with Gasteiger partial charge in [-0.15, -0.1) is 0 Å². The molecule has 0 saturated carbocycles. The van der Waals surface area contributed by atoms with Gasteiger partial charge in [-0.2, -0.15) is 0 Å². The molecule has 0 unspecified atom stereocenters. The van der Waals surface area contributed by atoms with Gasteiger partial charge in [0.2, 0.25) is 5.95 Å². The van der Waals surface area contributed by atoms with Crippen LogP contribution in [0.5, 0.6) is 0 Å². The van der Waals surface area contributed by atoms with Crippen LogP contribution in [0, 0.1) is 0 Å². The zero-order chi connectivity index (χ0) is 15.1. The Kier molecular flexibility index (Phi) is 3.32. The Hall–Kier alpha value is -2.09. The van der Waals surface area contributed by atoms with Crippen molar-refractivity contribution in [2.24, 2.45) is 14.1 Å². The molecule has 0 bridgehead atoms. The number of anilines is 1. The molecule has 0 radical (unpaired) electrons. The lowest BCUT2D eigenvalue weighted by molar-refractivity contribution is 0.568. The fourth-order valence-electron chi connectivity index (χ4n) is 2.88. The number of fused-ring (bicyclic) bond motifs is 1. The molecule has 1 N–H and O–H groups in total. The molecule has 21 heavy (non-hydrogen) atoms. The summed E-state index contributed by atoms with van der Waals surface area (Å²) in [7, 11) is 3.17. The highest BCUT2D eigenvalue weighted by Crippen LogP contribution is 2.19. The molecule has 1 saturated heterocycles. The smallest absolute Gasteiger partial charge is 0.332 e.